The normalized spacial score (nSPS) is 10.5. The zero-order chi connectivity index (χ0) is 16.2. The molecule has 1 heterocycles. The molecule has 23 heavy (non-hydrogen) atoms. The molecule has 0 aliphatic rings. The van der Waals surface area contributed by atoms with Gasteiger partial charge in [0.1, 0.15) is 17.0 Å². The van der Waals surface area contributed by atoms with Crippen LogP contribution in [0, 0.1) is 6.92 Å². The molecule has 0 bridgehead atoms. The summed E-state index contributed by atoms with van der Waals surface area (Å²) >= 11 is 7.38. The van der Waals surface area contributed by atoms with E-state index in [0.29, 0.717) is 21.6 Å². The summed E-state index contributed by atoms with van der Waals surface area (Å²) in [5.41, 5.74) is 8.84. The van der Waals surface area contributed by atoms with Crippen molar-refractivity contribution < 1.29 is 0 Å². The number of para-hydroxylation sites is 1. The van der Waals surface area contributed by atoms with Crippen LogP contribution in [0.25, 0.3) is 0 Å². The van der Waals surface area contributed by atoms with Crippen molar-refractivity contribution in [3.63, 3.8) is 0 Å². The van der Waals surface area contributed by atoms with Crippen LogP contribution in [-0.2, 0) is 0 Å². The van der Waals surface area contributed by atoms with Gasteiger partial charge >= 0.3 is 0 Å². The molecule has 3 rings (SSSR count). The molecule has 2 aromatic carbocycles. The first-order valence-electron chi connectivity index (χ1n) is 7.00. The van der Waals surface area contributed by atoms with Crippen molar-refractivity contribution in [1.82, 2.24) is 9.97 Å². The minimum atomic E-state index is 0.524. The Morgan fingerprint density at radius 1 is 1.04 bits per heavy atom. The molecular formula is C17H15ClN4S. The first-order valence-corrected chi connectivity index (χ1v) is 8.19. The summed E-state index contributed by atoms with van der Waals surface area (Å²) in [6, 6.07) is 15.5. The van der Waals surface area contributed by atoms with Crippen molar-refractivity contribution in [3.05, 3.63) is 65.4 Å². The number of nitrogens with one attached hydrogen (secondary N) is 1. The lowest BCUT2D eigenvalue weighted by Crippen LogP contribution is -2.03. The molecule has 3 aromatic rings. The minimum Gasteiger partial charge on any atom is -0.394 e. The number of nitrogens with two attached hydrogens (primary N) is 1. The van der Waals surface area contributed by atoms with E-state index in [1.807, 2.05) is 55.5 Å². The zero-order valence-electron chi connectivity index (χ0n) is 12.5. The third-order valence-electron chi connectivity index (χ3n) is 3.27. The molecular weight excluding hydrogens is 328 g/mol. The van der Waals surface area contributed by atoms with Gasteiger partial charge in [-0.15, -0.1) is 0 Å². The van der Waals surface area contributed by atoms with Crippen LogP contribution in [0.1, 0.15) is 5.56 Å². The summed E-state index contributed by atoms with van der Waals surface area (Å²) < 4.78 is 0. The highest BCUT2D eigenvalue weighted by Gasteiger charge is 2.10. The van der Waals surface area contributed by atoms with Crippen molar-refractivity contribution in [2.45, 2.75) is 16.8 Å². The third kappa shape index (κ3) is 3.75. The Morgan fingerprint density at radius 2 is 1.78 bits per heavy atom. The Bertz CT molecular complexity index is 821. The second kappa shape index (κ2) is 6.89. The summed E-state index contributed by atoms with van der Waals surface area (Å²) in [5, 5.41) is 4.67. The Morgan fingerprint density at radius 3 is 2.52 bits per heavy atom. The molecule has 0 saturated heterocycles. The number of hydrogen-bond donors (Lipinski definition) is 2. The summed E-state index contributed by atoms with van der Waals surface area (Å²) in [5.74, 6) is 0.603. The number of anilines is 3. The molecule has 0 aliphatic carbocycles. The zero-order valence-corrected chi connectivity index (χ0v) is 14.0. The first kappa shape index (κ1) is 15.6. The van der Waals surface area contributed by atoms with Gasteiger partial charge in [0.05, 0.1) is 0 Å². The number of aryl methyl sites for hydroxylation is 1. The van der Waals surface area contributed by atoms with Crippen LogP contribution in [0.4, 0.5) is 17.2 Å². The number of benzene rings is 2. The molecule has 0 aliphatic heterocycles. The fraction of sp³-hybridized carbons (Fsp3) is 0.0588. The predicted molar refractivity (Wildman–Crippen MR) is 96.5 cm³/mol. The SMILES string of the molecule is Cc1ccccc1Nc1ncnc(Sc2ccc(Cl)cc2)c1N. The number of nitrogens with zero attached hydrogens (tertiary/aromatic N) is 2. The van der Waals surface area contributed by atoms with E-state index in [1.165, 1.54) is 18.1 Å². The fourth-order valence-electron chi connectivity index (χ4n) is 2.02. The summed E-state index contributed by atoms with van der Waals surface area (Å²) in [4.78, 5) is 9.54. The molecule has 0 amide bonds. The van der Waals surface area contributed by atoms with Gasteiger partial charge in [0.2, 0.25) is 0 Å². The summed E-state index contributed by atoms with van der Waals surface area (Å²) in [7, 11) is 0. The predicted octanol–water partition coefficient (Wildman–Crippen LogP) is 4.92. The van der Waals surface area contributed by atoms with Crippen LogP contribution in [-0.4, -0.2) is 9.97 Å². The molecule has 0 fully saturated rings. The van der Waals surface area contributed by atoms with Gasteiger partial charge in [0.25, 0.3) is 0 Å². The maximum Gasteiger partial charge on any atom is 0.158 e. The Balaban J connectivity index is 1.86. The molecule has 3 N–H and O–H groups in total. The molecule has 1 aromatic heterocycles. The van der Waals surface area contributed by atoms with Gasteiger partial charge in [-0.3, -0.25) is 0 Å². The molecule has 0 radical (unpaired) electrons. The van der Waals surface area contributed by atoms with Gasteiger partial charge in [-0.25, -0.2) is 9.97 Å². The highest BCUT2D eigenvalue weighted by Crippen LogP contribution is 2.34. The Kier molecular flexibility index (Phi) is 4.69. The molecule has 116 valence electrons. The number of nitrogen functional groups attached to an aromatic ring is 1. The first-order chi connectivity index (χ1) is 11.1. The highest BCUT2D eigenvalue weighted by atomic mass is 35.5. The van der Waals surface area contributed by atoms with E-state index in [2.05, 4.69) is 15.3 Å². The second-order valence-corrected chi connectivity index (χ2v) is 6.44. The average molecular weight is 343 g/mol. The van der Waals surface area contributed by atoms with Gasteiger partial charge < -0.3 is 11.1 Å². The number of hydrogen-bond acceptors (Lipinski definition) is 5. The van der Waals surface area contributed by atoms with Crippen molar-refractivity contribution in [1.29, 1.82) is 0 Å². The average Bonchev–Trinajstić information content (AvgIpc) is 2.55. The van der Waals surface area contributed by atoms with Crippen LogP contribution < -0.4 is 11.1 Å². The molecule has 6 heteroatoms. The van der Waals surface area contributed by atoms with Crippen LogP contribution in [0.15, 0.2) is 64.8 Å². The van der Waals surface area contributed by atoms with Gasteiger partial charge in [0.15, 0.2) is 5.82 Å². The highest BCUT2D eigenvalue weighted by molar-refractivity contribution is 7.99. The molecule has 0 unspecified atom stereocenters. The fourth-order valence-corrected chi connectivity index (χ4v) is 2.94. The van der Waals surface area contributed by atoms with Gasteiger partial charge in [0, 0.05) is 15.6 Å². The van der Waals surface area contributed by atoms with Gasteiger partial charge in [-0.1, -0.05) is 41.6 Å². The quantitative estimate of drug-likeness (QED) is 0.659. The Labute approximate surface area is 144 Å². The van der Waals surface area contributed by atoms with E-state index in [1.54, 1.807) is 0 Å². The number of rotatable bonds is 4. The molecule has 0 spiro atoms. The lowest BCUT2D eigenvalue weighted by atomic mass is 10.2. The van der Waals surface area contributed by atoms with E-state index < -0.39 is 0 Å². The van der Waals surface area contributed by atoms with E-state index >= 15 is 0 Å². The van der Waals surface area contributed by atoms with Gasteiger partial charge in [-0.2, -0.15) is 0 Å². The molecule has 0 saturated carbocycles. The van der Waals surface area contributed by atoms with Crippen molar-refractivity contribution in [3.8, 4) is 0 Å². The van der Waals surface area contributed by atoms with Crippen molar-refractivity contribution >= 4 is 40.6 Å². The summed E-state index contributed by atoms with van der Waals surface area (Å²) in [6.07, 6.45) is 1.51. The van der Waals surface area contributed by atoms with Crippen LogP contribution >= 0.6 is 23.4 Å². The Hall–Kier alpha value is -2.24. The monoisotopic (exact) mass is 342 g/mol. The lowest BCUT2D eigenvalue weighted by molar-refractivity contribution is 1.06. The molecule has 0 atom stereocenters. The third-order valence-corrected chi connectivity index (χ3v) is 4.55. The number of halogens is 1. The standard InChI is InChI=1S/C17H15ClN4S/c1-11-4-2-3-5-14(11)22-16-15(19)17(21-10-20-16)23-13-8-6-12(18)7-9-13/h2-10H,19H2,1H3,(H,20,21,22). The lowest BCUT2D eigenvalue weighted by Gasteiger charge is -2.12. The topological polar surface area (TPSA) is 63.8 Å². The van der Waals surface area contributed by atoms with E-state index in [9.17, 15) is 0 Å². The van der Waals surface area contributed by atoms with Crippen molar-refractivity contribution in [2.24, 2.45) is 0 Å². The van der Waals surface area contributed by atoms with Crippen molar-refractivity contribution in [2.75, 3.05) is 11.1 Å². The maximum atomic E-state index is 6.22. The largest absolute Gasteiger partial charge is 0.394 e. The van der Waals surface area contributed by atoms with E-state index in [4.69, 9.17) is 17.3 Å². The van der Waals surface area contributed by atoms with Crippen LogP contribution in [0.5, 0.6) is 0 Å². The van der Waals surface area contributed by atoms with E-state index in [-0.39, 0.29) is 0 Å². The second-order valence-electron chi connectivity index (χ2n) is 4.94. The molecule has 4 nitrogen and oxygen atoms in total. The van der Waals surface area contributed by atoms with Crippen LogP contribution in [0.3, 0.4) is 0 Å². The van der Waals surface area contributed by atoms with E-state index in [0.717, 1.165) is 16.1 Å². The van der Waals surface area contributed by atoms with Crippen LogP contribution in [0.2, 0.25) is 5.02 Å². The van der Waals surface area contributed by atoms with Gasteiger partial charge in [-0.05, 0) is 42.8 Å². The number of aromatic nitrogens is 2. The minimum absolute atomic E-state index is 0.524. The maximum absolute atomic E-state index is 6.22. The smallest absolute Gasteiger partial charge is 0.158 e. The summed E-state index contributed by atoms with van der Waals surface area (Å²) in [6.45, 7) is 2.03.